The van der Waals surface area contributed by atoms with Crippen molar-refractivity contribution >= 4 is 17.5 Å². The molecule has 0 heterocycles. The molecular weight excluding hydrogens is 266 g/mol. The van der Waals surface area contributed by atoms with Gasteiger partial charge in [0.25, 0.3) is 0 Å². The summed E-state index contributed by atoms with van der Waals surface area (Å²) in [6, 6.07) is 9.43. The minimum absolute atomic E-state index is 0.0388. The van der Waals surface area contributed by atoms with Gasteiger partial charge < -0.3 is 16.4 Å². The molecule has 0 bridgehead atoms. The van der Waals surface area contributed by atoms with Crippen LogP contribution in [0.5, 0.6) is 0 Å². The van der Waals surface area contributed by atoms with Crippen molar-refractivity contribution in [3.63, 3.8) is 0 Å². The molecule has 4 N–H and O–H groups in total. The third-order valence-electron chi connectivity index (χ3n) is 4.19. The van der Waals surface area contributed by atoms with Crippen molar-refractivity contribution in [3.05, 3.63) is 30.3 Å². The number of hydrogen-bond acceptors (Lipinski definition) is 3. The average molecular weight is 289 g/mol. The smallest absolute Gasteiger partial charge is 0.230 e. The fourth-order valence-electron chi connectivity index (χ4n) is 3.04. The SMILES string of the molecule is NC[C@H]1CCC[C@H]1C(=O)N(CCC(N)=O)c1ccccc1. The predicted molar refractivity (Wildman–Crippen MR) is 82.5 cm³/mol. The highest BCUT2D eigenvalue weighted by molar-refractivity contribution is 5.96. The van der Waals surface area contributed by atoms with E-state index in [9.17, 15) is 9.59 Å². The molecule has 114 valence electrons. The van der Waals surface area contributed by atoms with Crippen LogP contribution in [0.15, 0.2) is 30.3 Å². The molecule has 1 aromatic rings. The number of nitrogens with two attached hydrogens (primary N) is 2. The fourth-order valence-corrected chi connectivity index (χ4v) is 3.04. The maximum Gasteiger partial charge on any atom is 0.230 e. The number of para-hydroxylation sites is 1. The van der Waals surface area contributed by atoms with E-state index in [4.69, 9.17) is 11.5 Å². The van der Waals surface area contributed by atoms with Gasteiger partial charge in [-0.1, -0.05) is 24.6 Å². The van der Waals surface area contributed by atoms with Crippen LogP contribution in [0.2, 0.25) is 0 Å². The van der Waals surface area contributed by atoms with Gasteiger partial charge in [0, 0.05) is 24.6 Å². The average Bonchev–Trinajstić information content (AvgIpc) is 2.96. The number of carbonyl (C=O) groups excluding carboxylic acids is 2. The summed E-state index contributed by atoms with van der Waals surface area (Å²) < 4.78 is 0. The molecule has 5 nitrogen and oxygen atoms in total. The van der Waals surface area contributed by atoms with E-state index < -0.39 is 5.91 Å². The molecule has 1 saturated carbocycles. The number of nitrogens with zero attached hydrogens (tertiary/aromatic N) is 1. The van der Waals surface area contributed by atoms with Crippen molar-refractivity contribution in [2.45, 2.75) is 25.7 Å². The van der Waals surface area contributed by atoms with Crippen LogP contribution in [0.3, 0.4) is 0 Å². The third kappa shape index (κ3) is 3.82. The summed E-state index contributed by atoms with van der Waals surface area (Å²) in [6.45, 7) is 0.862. The first kappa shape index (κ1) is 15.5. The van der Waals surface area contributed by atoms with E-state index in [2.05, 4.69) is 0 Å². The summed E-state index contributed by atoms with van der Waals surface area (Å²) in [5.74, 6) is -0.124. The number of rotatable bonds is 6. The molecule has 0 saturated heterocycles. The highest BCUT2D eigenvalue weighted by atomic mass is 16.2. The van der Waals surface area contributed by atoms with Crippen molar-refractivity contribution in [1.29, 1.82) is 0 Å². The van der Waals surface area contributed by atoms with Gasteiger partial charge in [-0.3, -0.25) is 9.59 Å². The van der Waals surface area contributed by atoms with E-state index in [1.165, 1.54) is 0 Å². The molecule has 0 aromatic heterocycles. The molecule has 0 radical (unpaired) electrons. The Balaban J connectivity index is 2.18. The van der Waals surface area contributed by atoms with Crippen molar-refractivity contribution in [1.82, 2.24) is 0 Å². The van der Waals surface area contributed by atoms with Crippen LogP contribution in [0.1, 0.15) is 25.7 Å². The van der Waals surface area contributed by atoms with Crippen LogP contribution in [0.25, 0.3) is 0 Å². The summed E-state index contributed by atoms with van der Waals surface area (Å²) in [5.41, 5.74) is 11.8. The Bertz CT molecular complexity index is 490. The lowest BCUT2D eigenvalue weighted by atomic mass is 9.94. The second kappa shape index (κ2) is 7.22. The van der Waals surface area contributed by atoms with Gasteiger partial charge in [0.2, 0.25) is 11.8 Å². The Labute approximate surface area is 125 Å². The Kier molecular flexibility index (Phi) is 5.33. The number of benzene rings is 1. The second-order valence-corrected chi connectivity index (χ2v) is 5.57. The number of amides is 2. The second-order valence-electron chi connectivity index (χ2n) is 5.57. The molecule has 1 fully saturated rings. The van der Waals surface area contributed by atoms with Gasteiger partial charge >= 0.3 is 0 Å². The lowest BCUT2D eigenvalue weighted by Crippen LogP contribution is -2.40. The highest BCUT2D eigenvalue weighted by Gasteiger charge is 2.35. The number of anilines is 1. The van der Waals surface area contributed by atoms with E-state index in [-0.39, 0.29) is 24.2 Å². The van der Waals surface area contributed by atoms with Gasteiger partial charge in [0.15, 0.2) is 0 Å². The van der Waals surface area contributed by atoms with Crippen LogP contribution < -0.4 is 16.4 Å². The Morgan fingerprint density at radius 2 is 1.90 bits per heavy atom. The van der Waals surface area contributed by atoms with Crippen LogP contribution in [0.4, 0.5) is 5.69 Å². The number of primary amides is 1. The summed E-state index contributed by atoms with van der Waals surface area (Å²) in [5, 5.41) is 0. The van der Waals surface area contributed by atoms with Crippen LogP contribution >= 0.6 is 0 Å². The Hall–Kier alpha value is -1.88. The van der Waals surface area contributed by atoms with Gasteiger partial charge in [-0.05, 0) is 37.4 Å². The molecular formula is C16H23N3O2. The van der Waals surface area contributed by atoms with E-state index in [0.29, 0.717) is 13.1 Å². The molecule has 2 atom stereocenters. The van der Waals surface area contributed by atoms with Crippen LogP contribution in [-0.2, 0) is 9.59 Å². The normalized spacial score (nSPS) is 21.2. The topological polar surface area (TPSA) is 89.4 Å². The maximum absolute atomic E-state index is 12.8. The van der Waals surface area contributed by atoms with E-state index in [1.54, 1.807) is 4.90 Å². The van der Waals surface area contributed by atoms with Crippen LogP contribution in [-0.4, -0.2) is 24.9 Å². The number of carbonyl (C=O) groups is 2. The van der Waals surface area contributed by atoms with Gasteiger partial charge in [-0.25, -0.2) is 0 Å². The molecule has 2 rings (SSSR count). The molecule has 5 heteroatoms. The Morgan fingerprint density at radius 1 is 1.19 bits per heavy atom. The summed E-state index contributed by atoms with van der Waals surface area (Å²) in [6.07, 6.45) is 3.09. The van der Waals surface area contributed by atoms with Gasteiger partial charge in [0.1, 0.15) is 0 Å². The van der Waals surface area contributed by atoms with Crippen molar-refractivity contribution in [3.8, 4) is 0 Å². The molecule has 0 unspecified atom stereocenters. The molecule has 2 amide bonds. The van der Waals surface area contributed by atoms with E-state index >= 15 is 0 Å². The molecule has 0 aliphatic heterocycles. The number of hydrogen-bond donors (Lipinski definition) is 2. The summed E-state index contributed by atoms with van der Waals surface area (Å²) in [4.78, 5) is 25.6. The summed E-state index contributed by atoms with van der Waals surface area (Å²) in [7, 11) is 0. The zero-order chi connectivity index (χ0) is 15.2. The van der Waals surface area contributed by atoms with Gasteiger partial charge in [-0.15, -0.1) is 0 Å². The first-order valence-corrected chi connectivity index (χ1v) is 7.48. The van der Waals surface area contributed by atoms with E-state index in [0.717, 1.165) is 24.9 Å². The van der Waals surface area contributed by atoms with Gasteiger partial charge in [-0.2, -0.15) is 0 Å². The zero-order valence-electron chi connectivity index (χ0n) is 12.2. The molecule has 1 aliphatic carbocycles. The zero-order valence-corrected chi connectivity index (χ0v) is 12.2. The first-order valence-electron chi connectivity index (χ1n) is 7.48. The quantitative estimate of drug-likeness (QED) is 0.826. The highest BCUT2D eigenvalue weighted by Crippen LogP contribution is 2.33. The lowest BCUT2D eigenvalue weighted by Gasteiger charge is -2.28. The summed E-state index contributed by atoms with van der Waals surface area (Å²) >= 11 is 0. The predicted octanol–water partition coefficient (Wildman–Crippen LogP) is 1.27. The monoisotopic (exact) mass is 289 g/mol. The molecule has 1 aromatic carbocycles. The lowest BCUT2D eigenvalue weighted by molar-refractivity contribution is -0.123. The largest absolute Gasteiger partial charge is 0.370 e. The van der Waals surface area contributed by atoms with Gasteiger partial charge in [0.05, 0.1) is 0 Å². The molecule has 21 heavy (non-hydrogen) atoms. The standard InChI is InChI=1S/C16H23N3O2/c17-11-12-5-4-8-14(12)16(21)19(10-9-15(18)20)13-6-2-1-3-7-13/h1-3,6-7,12,14H,4-5,8-11,17H2,(H2,18,20)/t12-,14-/m1/s1. The van der Waals surface area contributed by atoms with Crippen molar-refractivity contribution < 1.29 is 9.59 Å². The fraction of sp³-hybridized carbons (Fsp3) is 0.500. The van der Waals surface area contributed by atoms with Crippen molar-refractivity contribution in [2.75, 3.05) is 18.0 Å². The molecule has 0 spiro atoms. The van der Waals surface area contributed by atoms with Crippen molar-refractivity contribution in [2.24, 2.45) is 23.3 Å². The molecule has 1 aliphatic rings. The minimum Gasteiger partial charge on any atom is -0.370 e. The maximum atomic E-state index is 12.8. The first-order chi connectivity index (χ1) is 10.1. The Morgan fingerprint density at radius 3 is 2.52 bits per heavy atom. The minimum atomic E-state index is -0.398. The van der Waals surface area contributed by atoms with Crippen LogP contribution in [0, 0.1) is 11.8 Å². The third-order valence-corrected chi connectivity index (χ3v) is 4.19. The van der Waals surface area contributed by atoms with E-state index in [1.807, 2.05) is 30.3 Å².